The summed E-state index contributed by atoms with van der Waals surface area (Å²) in [6.45, 7) is 3.35. The van der Waals surface area contributed by atoms with Gasteiger partial charge in [-0.3, -0.25) is 0 Å². The molecule has 0 aliphatic carbocycles. The highest BCUT2D eigenvalue weighted by atomic mass is 14.9. The van der Waals surface area contributed by atoms with Gasteiger partial charge < -0.3 is 5.32 Å². The second-order valence-corrected chi connectivity index (χ2v) is 5.61. The maximum Gasteiger partial charge on any atom is 0.0210 e. The molecule has 1 heterocycles. The molecule has 0 fully saturated rings. The number of hydrogen-bond acceptors (Lipinski definition) is 1. The van der Waals surface area contributed by atoms with Gasteiger partial charge >= 0.3 is 0 Å². The molecular weight excluding hydrogens is 218 g/mol. The Labute approximate surface area is 112 Å². The fraction of sp³-hybridized carbons (Fsp3) is 0.647. The summed E-state index contributed by atoms with van der Waals surface area (Å²) in [5.41, 5.74) is 3.06. The first-order valence-corrected chi connectivity index (χ1v) is 7.70. The zero-order chi connectivity index (χ0) is 12.6. The Morgan fingerprint density at radius 2 is 1.72 bits per heavy atom. The molecule has 1 aromatic rings. The van der Waals surface area contributed by atoms with Gasteiger partial charge in [-0.25, -0.2) is 0 Å². The average Bonchev–Trinajstić information content (AvgIpc) is 2.42. The second-order valence-electron chi connectivity index (χ2n) is 5.61. The predicted molar refractivity (Wildman–Crippen MR) is 78.8 cm³/mol. The van der Waals surface area contributed by atoms with Gasteiger partial charge in [0.2, 0.25) is 0 Å². The van der Waals surface area contributed by atoms with E-state index < -0.39 is 0 Å². The van der Waals surface area contributed by atoms with Crippen LogP contribution >= 0.6 is 0 Å². The third kappa shape index (κ3) is 4.13. The van der Waals surface area contributed by atoms with Crippen molar-refractivity contribution in [3.05, 3.63) is 35.4 Å². The number of unbranched alkanes of at least 4 members (excludes halogenated alkanes) is 5. The van der Waals surface area contributed by atoms with E-state index in [2.05, 4.69) is 36.5 Å². The summed E-state index contributed by atoms with van der Waals surface area (Å²) >= 11 is 0. The van der Waals surface area contributed by atoms with Crippen LogP contribution in [-0.4, -0.2) is 6.04 Å². The Balaban J connectivity index is 1.64. The van der Waals surface area contributed by atoms with Crippen LogP contribution in [-0.2, 0) is 13.0 Å². The number of nitrogens with one attached hydrogen (secondary N) is 1. The van der Waals surface area contributed by atoms with E-state index in [0.717, 1.165) is 6.54 Å². The molecule has 0 bridgehead atoms. The highest BCUT2D eigenvalue weighted by molar-refractivity contribution is 5.29. The normalized spacial score (nSPS) is 18.6. The summed E-state index contributed by atoms with van der Waals surface area (Å²) < 4.78 is 0. The van der Waals surface area contributed by atoms with Crippen LogP contribution in [0.25, 0.3) is 0 Å². The highest BCUT2D eigenvalue weighted by Gasteiger charge is 2.16. The monoisotopic (exact) mass is 245 g/mol. The van der Waals surface area contributed by atoms with E-state index >= 15 is 0 Å². The molecule has 1 N–H and O–H groups in total. The first-order valence-electron chi connectivity index (χ1n) is 7.70. The van der Waals surface area contributed by atoms with Crippen molar-refractivity contribution in [2.75, 3.05) is 0 Å². The molecular formula is C17H27N. The van der Waals surface area contributed by atoms with Crippen LogP contribution in [0.5, 0.6) is 0 Å². The first kappa shape index (κ1) is 13.6. The maximum atomic E-state index is 3.68. The Kier molecular flexibility index (Phi) is 5.73. The number of benzene rings is 1. The van der Waals surface area contributed by atoms with E-state index in [1.165, 1.54) is 56.9 Å². The number of hydrogen-bond donors (Lipinski definition) is 1. The lowest BCUT2D eigenvalue weighted by Crippen LogP contribution is -2.35. The van der Waals surface area contributed by atoms with Crippen LogP contribution in [0.1, 0.15) is 63.0 Å². The SMILES string of the molecule is CCCCCCCC[C@@H]1Cc2ccccc2CN1. The summed E-state index contributed by atoms with van der Waals surface area (Å²) in [4.78, 5) is 0. The van der Waals surface area contributed by atoms with Crippen LogP contribution in [0.3, 0.4) is 0 Å². The van der Waals surface area contributed by atoms with E-state index in [0.29, 0.717) is 6.04 Å². The maximum absolute atomic E-state index is 3.68. The van der Waals surface area contributed by atoms with Crippen LogP contribution in [0, 0.1) is 0 Å². The lowest BCUT2D eigenvalue weighted by molar-refractivity contribution is 0.429. The molecule has 100 valence electrons. The fourth-order valence-electron chi connectivity index (χ4n) is 2.90. The van der Waals surface area contributed by atoms with Gasteiger partial charge in [0, 0.05) is 12.6 Å². The average molecular weight is 245 g/mol. The van der Waals surface area contributed by atoms with Crippen molar-refractivity contribution in [1.82, 2.24) is 5.32 Å². The van der Waals surface area contributed by atoms with Gasteiger partial charge in [0.05, 0.1) is 0 Å². The molecule has 1 nitrogen and oxygen atoms in total. The first-order chi connectivity index (χ1) is 8.90. The second kappa shape index (κ2) is 7.58. The van der Waals surface area contributed by atoms with E-state index in [4.69, 9.17) is 0 Å². The smallest absolute Gasteiger partial charge is 0.0210 e. The van der Waals surface area contributed by atoms with Crippen molar-refractivity contribution in [3.8, 4) is 0 Å². The van der Waals surface area contributed by atoms with Crippen molar-refractivity contribution in [1.29, 1.82) is 0 Å². The minimum atomic E-state index is 0.714. The van der Waals surface area contributed by atoms with E-state index in [1.807, 2.05) is 0 Å². The molecule has 0 radical (unpaired) electrons. The Morgan fingerprint density at radius 3 is 2.56 bits per heavy atom. The molecule has 1 heteroatoms. The molecule has 0 saturated heterocycles. The van der Waals surface area contributed by atoms with E-state index in [-0.39, 0.29) is 0 Å². The molecule has 18 heavy (non-hydrogen) atoms. The molecule has 1 aliphatic rings. The van der Waals surface area contributed by atoms with Crippen molar-refractivity contribution >= 4 is 0 Å². The highest BCUT2D eigenvalue weighted by Crippen LogP contribution is 2.19. The van der Waals surface area contributed by atoms with Gasteiger partial charge in [0.15, 0.2) is 0 Å². The van der Waals surface area contributed by atoms with Crippen molar-refractivity contribution in [2.45, 2.75) is 70.9 Å². The van der Waals surface area contributed by atoms with Gasteiger partial charge in [-0.05, 0) is 24.0 Å². The van der Waals surface area contributed by atoms with Gasteiger partial charge in [0.1, 0.15) is 0 Å². The van der Waals surface area contributed by atoms with Gasteiger partial charge in [-0.15, -0.1) is 0 Å². The largest absolute Gasteiger partial charge is 0.310 e. The van der Waals surface area contributed by atoms with Crippen LogP contribution in [0.15, 0.2) is 24.3 Å². The molecule has 2 rings (SSSR count). The minimum absolute atomic E-state index is 0.714. The Bertz CT molecular complexity index is 345. The lowest BCUT2D eigenvalue weighted by atomic mass is 9.93. The topological polar surface area (TPSA) is 12.0 Å². The molecule has 0 spiro atoms. The molecule has 0 unspecified atom stereocenters. The molecule has 1 atom stereocenters. The lowest BCUT2D eigenvalue weighted by Gasteiger charge is -2.26. The molecule has 0 amide bonds. The summed E-state index contributed by atoms with van der Waals surface area (Å²) in [5.74, 6) is 0. The Hall–Kier alpha value is -0.820. The summed E-state index contributed by atoms with van der Waals surface area (Å²) in [7, 11) is 0. The quantitative estimate of drug-likeness (QED) is 0.700. The fourth-order valence-corrected chi connectivity index (χ4v) is 2.90. The third-order valence-electron chi connectivity index (χ3n) is 4.07. The molecule has 1 aliphatic heterocycles. The standard InChI is InChI=1S/C17H27N/c1-2-3-4-5-6-7-12-17-13-15-10-8-9-11-16(15)14-18-17/h8-11,17-18H,2-7,12-14H2,1H3/t17-/m1/s1. The number of rotatable bonds is 7. The van der Waals surface area contributed by atoms with Gasteiger partial charge in [0.25, 0.3) is 0 Å². The van der Waals surface area contributed by atoms with Crippen molar-refractivity contribution in [3.63, 3.8) is 0 Å². The zero-order valence-electron chi connectivity index (χ0n) is 11.8. The molecule has 1 aromatic carbocycles. The van der Waals surface area contributed by atoms with Crippen LogP contribution in [0.4, 0.5) is 0 Å². The summed E-state index contributed by atoms with van der Waals surface area (Å²) in [6, 6.07) is 9.58. The summed E-state index contributed by atoms with van der Waals surface area (Å²) in [6.07, 6.45) is 11.0. The van der Waals surface area contributed by atoms with Crippen LogP contribution < -0.4 is 5.32 Å². The minimum Gasteiger partial charge on any atom is -0.310 e. The van der Waals surface area contributed by atoms with Crippen molar-refractivity contribution < 1.29 is 0 Å². The summed E-state index contributed by atoms with van der Waals surface area (Å²) in [5, 5.41) is 3.68. The Morgan fingerprint density at radius 1 is 1.00 bits per heavy atom. The van der Waals surface area contributed by atoms with Gasteiger partial charge in [-0.1, -0.05) is 69.7 Å². The van der Waals surface area contributed by atoms with E-state index in [1.54, 1.807) is 5.56 Å². The molecule has 0 saturated carbocycles. The number of fused-ring (bicyclic) bond motifs is 1. The third-order valence-corrected chi connectivity index (χ3v) is 4.07. The van der Waals surface area contributed by atoms with E-state index in [9.17, 15) is 0 Å². The zero-order valence-corrected chi connectivity index (χ0v) is 11.8. The van der Waals surface area contributed by atoms with Gasteiger partial charge in [-0.2, -0.15) is 0 Å². The van der Waals surface area contributed by atoms with Crippen LogP contribution in [0.2, 0.25) is 0 Å². The predicted octanol–water partition coefficient (Wildman–Crippen LogP) is 4.45. The van der Waals surface area contributed by atoms with Crippen molar-refractivity contribution in [2.24, 2.45) is 0 Å². The molecule has 0 aromatic heterocycles.